The second kappa shape index (κ2) is 4.77. The summed E-state index contributed by atoms with van der Waals surface area (Å²) in [5, 5.41) is 10.5. The van der Waals surface area contributed by atoms with Gasteiger partial charge < -0.3 is 5.21 Å². The zero-order valence-corrected chi connectivity index (χ0v) is 8.45. The van der Waals surface area contributed by atoms with Gasteiger partial charge in [-0.2, -0.15) is 0 Å². The van der Waals surface area contributed by atoms with Crippen molar-refractivity contribution in [2.75, 3.05) is 0 Å². The highest BCUT2D eigenvalue weighted by Gasteiger charge is 2.11. The maximum absolute atomic E-state index is 11.4. The molecule has 0 saturated carbocycles. The molecule has 1 aromatic rings. The first-order valence-corrected chi connectivity index (χ1v) is 4.58. The van der Waals surface area contributed by atoms with Gasteiger partial charge in [0.25, 0.3) is 0 Å². The van der Waals surface area contributed by atoms with E-state index in [4.69, 9.17) is 16.8 Å². The fourth-order valence-corrected chi connectivity index (χ4v) is 1.17. The van der Waals surface area contributed by atoms with Gasteiger partial charge in [0.15, 0.2) is 0 Å². The van der Waals surface area contributed by atoms with E-state index in [-0.39, 0.29) is 0 Å². The summed E-state index contributed by atoms with van der Waals surface area (Å²) in [5.74, 6) is -0.475. The van der Waals surface area contributed by atoms with Crippen molar-refractivity contribution in [1.82, 2.24) is 0 Å². The topological polar surface area (TPSA) is 49.7 Å². The van der Waals surface area contributed by atoms with Crippen LogP contribution in [-0.4, -0.2) is 16.2 Å². The Morgan fingerprint density at radius 2 is 2.00 bits per heavy atom. The van der Waals surface area contributed by atoms with Gasteiger partial charge in [-0.3, -0.25) is 4.79 Å². The first-order chi connectivity index (χ1) is 6.69. The van der Waals surface area contributed by atoms with E-state index in [0.29, 0.717) is 5.56 Å². The van der Waals surface area contributed by atoms with E-state index in [1.54, 1.807) is 12.1 Å². The number of halogens is 1. The van der Waals surface area contributed by atoms with Crippen LogP contribution in [0.1, 0.15) is 22.8 Å². The summed E-state index contributed by atoms with van der Waals surface area (Å²) in [6, 6.07) is 7.01. The third kappa shape index (κ3) is 2.33. The van der Waals surface area contributed by atoms with Gasteiger partial charge in [-0.25, -0.2) is 0 Å². The van der Waals surface area contributed by atoms with Crippen molar-refractivity contribution in [3.8, 4) is 0 Å². The van der Waals surface area contributed by atoms with Crippen molar-refractivity contribution in [2.45, 2.75) is 13.3 Å². The molecule has 0 aliphatic carbocycles. The minimum atomic E-state index is -0.475. The molecule has 0 amide bonds. The van der Waals surface area contributed by atoms with Crippen molar-refractivity contribution in [2.24, 2.45) is 5.16 Å². The molecule has 1 N–H and O–H groups in total. The quantitative estimate of drug-likeness (QED) is 0.361. The predicted octanol–water partition coefficient (Wildman–Crippen LogP) is 2.46. The Morgan fingerprint density at radius 1 is 1.43 bits per heavy atom. The summed E-state index contributed by atoms with van der Waals surface area (Å²) in [6.45, 7) is 2.03. The third-order valence-electron chi connectivity index (χ3n) is 1.90. The second-order valence-electron chi connectivity index (χ2n) is 2.77. The minimum absolute atomic E-state index is 0.421. The van der Waals surface area contributed by atoms with Crippen LogP contribution in [0.2, 0.25) is 0 Å². The summed E-state index contributed by atoms with van der Waals surface area (Å²) in [7, 11) is 0. The number of benzene rings is 1. The smallest absolute Gasteiger partial charge is 0.226 e. The van der Waals surface area contributed by atoms with Crippen LogP contribution >= 0.6 is 11.6 Å². The van der Waals surface area contributed by atoms with Crippen LogP contribution in [0.5, 0.6) is 0 Å². The van der Waals surface area contributed by atoms with Crippen LogP contribution in [0.15, 0.2) is 29.4 Å². The van der Waals surface area contributed by atoms with Crippen LogP contribution in [0.25, 0.3) is 0 Å². The Kier molecular flexibility index (Phi) is 3.65. The molecule has 0 fully saturated rings. The van der Waals surface area contributed by atoms with Gasteiger partial charge in [0.05, 0.1) is 0 Å². The van der Waals surface area contributed by atoms with Crippen molar-refractivity contribution in [1.29, 1.82) is 0 Å². The summed E-state index contributed by atoms with van der Waals surface area (Å²) in [4.78, 5) is 11.4. The number of rotatable bonds is 3. The van der Waals surface area contributed by atoms with E-state index in [1.165, 1.54) is 0 Å². The average Bonchev–Trinajstić information content (AvgIpc) is 2.27. The number of aryl methyl sites for hydroxylation is 1. The zero-order chi connectivity index (χ0) is 10.6. The largest absolute Gasteiger partial charge is 0.410 e. The van der Waals surface area contributed by atoms with Crippen LogP contribution in [0, 0.1) is 0 Å². The molecule has 14 heavy (non-hydrogen) atoms. The van der Waals surface area contributed by atoms with Crippen LogP contribution in [0.3, 0.4) is 0 Å². The Labute approximate surface area is 87.0 Å². The number of oxime groups is 1. The standard InChI is InChI=1S/C10H10ClNO2/c1-2-7-3-5-8(6-4-7)9(13)10(11)12-14/h3-6,14H,2H2,1H3. The molecule has 0 aliphatic heterocycles. The first-order valence-electron chi connectivity index (χ1n) is 4.20. The van der Waals surface area contributed by atoms with Gasteiger partial charge in [-0.05, 0) is 12.0 Å². The molecule has 0 aliphatic rings. The molecular formula is C10H10ClNO2. The summed E-state index contributed by atoms with van der Waals surface area (Å²) in [5.41, 5.74) is 1.56. The molecule has 3 nitrogen and oxygen atoms in total. The molecule has 1 rings (SSSR count). The molecule has 0 unspecified atom stereocenters. The number of Topliss-reactive ketones (excluding diaryl/α,β-unsaturated/α-hetero) is 1. The molecule has 0 aromatic heterocycles. The van der Waals surface area contributed by atoms with E-state index in [1.807, 2.05) is 19.1 Å². The fourth-order valence-electron chi connectivity index (χ4n) is 1.06. The van der Waals surface area contributed by atoms with E-state index in [0.717, 1.165) is 12.0 Å². The summed E-state index contributed by atoms with van der Waals surface area (Å²) >= 11 is 5.37. The molecule has 0 radical (unpaired) electrons. The highest BCUT2D eigenvalue weighted by atomic mass is 35.5. The van der Waals surface area contributed by atoms with E-state index >= 15 is 0 Å². The van der Waals surface area contributed by atoms with Gasteiger partial charge >= 0.3 is 0 Å². The maximum Gasteiger partial charge on any atom is 0.226 e. The van der Waals surface area contributed by atoms with Crippen molar-refractivity contribution >= 4 is 22.6 Å². The van der Waals surface area contributed by atoms with Crippen molar-refractivity contribution < 1.29 is 10.0 Å². The number of carbonyl (C=O) groups excluding carboxylic acids is 1. The number of hydrogen-bond acceptors (Lipinski definition) is 3. The lowest BCUT2D eigenvalue weighted by Crippen LogP contribution is -2.07. The minimum Gasteiger partial charge on any atom is -0.410 e. The number of ketones is 1. The normalized spacial score (nSPS) is 11.4. The van der Waals surface area contributed by atoms with Gasteiger partial charge in [0, 0.05) is 5.56 Å². The van der Waals surface area contributed by atoms with E-state index in [9.17, 15) is 4.79 Å². The van der Waals surface area contributed by atoms with Gasteiger partial charge in [0.2, 0.25) is 11.0 Å². The molecule has 0 atom stereocenters. The molecule has 4 heteroatoms. The second-order valence-corrected chi connectivity index (χ2v) is 3.13. The Balaban J connectivity index is 2.92. The molecule has 0 bridgehead atoms. The van der Waals surface area contributed by atoms with E-state index in [2.05, 4.69) is 5.16 Å². The number of hydrogen-bond donors (Lipinski definition) is 1. The predicted molar refractivity (Wildman–Crippen MR) is 55.2 cm³/mol. The van der Waals surface area contributed by atoms with Gasteiger partial charge in [-0.15, -0.1) is 0 Å². The molecule has 1 aromatic carbocycles. The molecular weight excluding hydrogens is 202 g/mol. The zero-order valence-electron chi connectivity index (χ0n) is 7.70. The lowest BCUT2D eigenvalue weighted by molar-refractivity contribution is 0.106. The molecule has 0 spiro atoms. The Hall–Kier alpha value is -1.35. The Morgan fingerprint density at radius 3 is 2.43 bits per heavy atom. The van der Waals surface area contributed by atoms with Crippen LogP contribution in [0.4, 0.5) is 0 Å². The first kappa shape index (κ1) is 10.7. The van der Waals surface area contributed by atoms with Gasteiger partial charge in [-0.1, -0.05) is 47.9 Å². The monoisotopic (exact) mass is 211 g/mol. The average molecular weight is 212 g/mol. The number of nitrogens with zero attached hydrogens (tertiary/aromatic N) is 1. The van der Waals surface area contributed by atoms with Crippen molar-refractivity contribution in [3.05, 3.63) is 35.4 Å². The third-order valence-corrected chi connectivity index (χ3v) is 2.15. The molecule has 0 saturated heterocycles. The fraction of sp³-hybridized carbons (Fsp3) is 0.200. The highest BCUT2D eigenvalue weighted by molar-refractivity contribution is 6.84. The highest BCUT2D eigenvalue weighted by Crippen LogP contribution is 2.07. The maximum atomic E-state index is 11.4. The number of carbonyl (C=O) groups is 1. The lowest BCUT2D eigenvalue weighted by atomic mass is 10.1. The van der Waals surface area contributed by atoms with Crippen molar-refractivity contribution in [3.63, 3.8) is 0 Å². The Bertz CT molecular complexity index is 357. The molecule has 74 valence electrons. The lowest BCUT2D eigenvalue weighted by Gasteiger charge is -1.99. The van der Waals surface area contributed by atoms with Gasteiger partial charge in [0.1, 0.15) is 0 Å². The summed E-state index contributed by atoms with van der Waals surface area (Å²) < 4.78 is 0. The van der Waals surface area contributed by atoms with E-state index < -0.39 is 11.0 Å². The van der Waals surface area contributed by atoms with Crippen LogP contribution in [-0.2, 0) is 6.42 Å². The summed E-state index contributed by atoms with van der Waals surface area (Å²) in [6.07, 6.45) is 0.913. The van der Waals surface area contributed by atoms with Crippen LogP contribution < -0.4 is 0 Å². The molecule has 0 heterocycles. The SMILES string of the molecule is CCc1ccc(C(=O)C(Cl)=NO)cc1.